The van der Waals surface area contributed by atoms with Crippen molar-refractivity contribution in [1.82, 2.24) is 0 Å². The number of rotatable bonds is 6. The Hall–Kier alpha value is -2.54. The zero-order valence-electron chi connectivity index (χ0n) is 14.5. The van der Waals surface area contributed by atoms with Crippen molar-refractivity contribution in [1.29, 1.82) is 0 Å². The minimum atomic E-state index is 0.612. The number of hydrogen-bond acceptors (Lipinski definition) is 1. The van der Waals surface area contributed by atoms with Gasteiger partial charge in [0.25, 0.3) is 0 Å². The number of ether oxygens (including phenoxy) is 1. The smallest absolute Gasteiger partial charge is 0.119 e. The summed E-state index contributed by atoms with van der Waals surface area (Å²) in [6, 6.07) is 25.7. The average molecular weight is 316 g/mol. The Labute approximate surface area is 144 Å². The molecule has 0 N–H and O–H groups in total. The first-order chi connectivity index (χ1) is 11.7. The van der Waals surface area contributed by atoms with E-state index in [1.54, 1.807) is 0 Å². The van der Waals surface area contributed by atoms with Crippen LogP contribution < -0.4 is 4.74 Å². The first kappa shape index (κ1) is 16.3. The van der Waals surface area contributed by atoms with Crippen LogP contribution in [-0.4, -0.2) is 0 Å². The standard InChI is InChI=1S/C23H24O/c1-18-3-7-20(8-4-18)9-10-21-11-13-22(14-12-21)17-24-23-15-5-19(2)6-16-23/h3-8,11-16H,9-10,17H2,1-2H3. The predicted octanol–water partition coefficient (Wildman–Crippen LogP) is 5.67. The average Bonchev–Trinajstić information content (AvgIpc) is 2.62. The highest BCUT2D eigenvalue weighted by molar-refractivity contribution is 5.28. The van der Waals surface area contributed by atoms with E-state index >= 15 is 0 Å². The molecule has 3 aromatic rings. The van der Waals surface area contributed by atoms with E-state index in [2.05, 4.69) is 74.5 Å². The van der Waals surface area contributed by atoms with Gasteiger partial charge in [0.1, 0.15) is 12.4 Å². The van der Waals surface area contributed by atoms with Gasteiger partial charge in [-0.2, -0.15) is 0 Å². The Balaban J connectivity index is 1.51. The SMILES string of the molecule is Cc1ccc(CCc2ccc(COc3ccc(C)cc3)cc2)cc1. The Kier molecular flexibility index (Phi) is 5.32. The van der Waals surface area contributed by atoms with Gasteiger partial charge in [-0.25, -0.2) is 0 Å². The van der Waals surface area contributed by atoms with E-state index in [1.807, 2.05) is 12.1 Å². The molecule has 3 rings (SSSR count). The van der Waals surface area contributed by atoms with Gasteiger partial charge in [-0.3, -0.25) is 0 Å². The summed E-state index contributed by atoms with van der Waals surface area (Å²) in [6.07, 6.45) is 2.15. The molecule has 0 saturated carbocycles. The molecule has 3 aromatic carbocycles. The third-order valence-electron chi connectivity index (χ3n) is 4.27. The van der Waals surface area contributed by atoms with Crippen LogP contribution in [0, 0.1) is 13.8 Å². The van der Waals surface area contributed by atoms with Crippen molar-refractivity contribution in [2.24, 2.45) is 0 Å². The molecule has 0 unspecified atom stereocenters. The summed E-state index contributed by atoms with van der Waals surface area (Å²) in [5.74, 6) is 0.920. The van der Waals surface area contributed by atoms with Crippen molar-refractivity contribution in [3.8, 4) is 5.75 Å². The van der Waals surface area contributed by atoms with E-state index in [9.17, 15) is 0 Å². The van der Waals surface area contributed by atoms with E-state index in [0.29, 0.717) is 6.61 Å². The lowest BCUT2D eigenvalue weighted by molar-refractivity contribution is 0.306. The highest BCUT2D eigenvalue weighted by Gasteiger charge is 1.99. The van der Waals surface area contributed by atoms with E-state index in [0.717, 1.165) is 18.6 Å². The molecule has 1 nitrogen and oxygen atoms in total. The van der Waals surface area contributed by atoms with Crippen molar-refractivity contribution >= 4 is 0 Å². The first-order valence-electron chi connectivity index (χ1n) is 8.52. The maximum atomic E-state index is 5.83. The zero-order chi connectivity index (χ0) is 16.8. The van der Waals surface area contributed by atoms with Crippen LogP contribution in [0.3, 0.4) is 0 Å². The van der Waals surface area contributed by atoms with Crippen LogP contribution in [0.15, 0.2) is 72.8 Å². The second-order valence-electron chi connectivity index (χ2n) is 6.40. The highest BCUT2D eigenvalue weighted by Crippen LogP contribution is 2.15. The Morgan fingerprint density at radius 2 is 0.958 bits per heavy atom. The molecule has 0 atom stereocenters. The largest absolute Gasteiger partial charge is 0.489 e. The fraction of sp³-hybridized carbons (Fsp3) is 0.217. The monoisotopic (exact) mass is 316 g/mol. The molecular formula is C23H24O. The molecule has 0 aliphatic heterocycles. The predicted molar refractivity (Wildman–Crippen MR) is 101 cm³/mol. The summed E-state index contributed by atoms with van der Waals surface area (Å²) in [4.78, 5) is 0. The van der Waals surface area contributed by atoms with Crippen LogP contribution in [0.1, 0.15) is 27.8 Å². The minimum Gasteiger partial charge on any atom is -0.489 e. The van der Waals surface area contributed by atoms with Crippen molar-refractivity contribution in [3.63, 3.8) is 0 Å². The van der Waals surface area contributed by atoms with E-state index in [-0.39, 0.29) is 0 Å². The van der Waals surface area contributed by atoms with E-state index in [4.69, 9.17) is 4.74 Å². The van der Waals surface area contributed by atoms with Crippen molar-refractivity contribution in [2.45, 2.75) is 33.3 Å². The molecule has 0 aromatic heterocycles. The summed E-state index contributed by atoms with van der Waals surface area (Å²) in [6.45, 7) is 4.82. The molecule has 122 valence electrons. The van der Waals surface area contributed by atoms with Crippen LogP contribution in [0.5, 0.6) is 5.75 Å². The topological polar surface area (TPSA) is 9.23 Å². The summed E-state index contributed by atoms with van der Waals surface area (Å²) >= 11 is 0. The highest BCUT2D eigenvalue weighted by atomic mass is 16.5. The van der Waals surface area contributed by atoms with Crippen molar-refractivity contribution < 1.29 is 4.74 Å². The van der Waals surface area contributed by atoms with Crippen LogP contribution in [0.2, 0.25) is 0 Å². The molecule has 0 aliphatic rings. The Morgan fingerprint density at radius 3 is 1.50 bits per heavy atom. The molecule has 0 fully saturated rings. The molecular weight excluding hydrogens is 292 g/mol. The maximum absolute atomic E-state index is 5.83. The van der Waals surface area contributed by atoms with Crippen LogP contribution in [-0.2, 0) is 19.4 Å². The third-order valence-corrected chi connectivity index (χ3v) is 4.27. The summed E-state index contributed by atoms with van der Waals surface area (Å²) < 4.78 is 5.83. The number of benzene rings is 3. The lowest BCUT2D eigenvalue weighted by Crippen LogP contribution is -1.96. The lowest BCUT2D eigenvalue weighted by atomic mass is 10.0. The molecule has 0 radical (unpaired) electrons. The number of aryl methyl sites for hydroxylation is 4. The summed E-state index contributed by atoms with van der Waals surface area (Å²) in [5, 5.41) is 0. The molecule has 0 saturated heterocycles. The molecule has 0 spiro atoms. The summed E-state index contributed by atoms with van der Waals surface area (Å²) in [7, 11) is 0. The molecule has 0 bridgehead atoms. The molecule has 1 heteroatoms. The van der Waals surface area contributed by atoms with Gasteiger partial charge in [-0.15, -0.1) is 0 Å². The lowest BCUT2D eigenvalue weighted by Gasteiger charge is -2.08. The van der Waals surface area contributed by atoms with Gasteiger partial charge in [0.15, 0.2) is 0 Å². The second-order valence-corrected chi connectivity index (χ2v) is 6.40. The molecule has 0 aliphatic carbocycles. The zero-order valence-corrected chi connectivity index (χ0v) is 14.5. The van der Waals surface area contributed by atoms with Gasteiger partial charge >= 0.3 is 0 Å². The fourth-order valence-corrected chi connectivity index (χ4v) is 2.65. The quantitative estimate of drug-likeness (QED) is 0.569. The molecule has 24 heavy (non-hydrogen) atoms. The van der Waals surface area contributed by atoms with Crippen LogP contribution in [0.4, 0.5) is 0 Å². The Morgan fingerprint density at radius 1 is 0.542 bits per heavy atom. The van der Waals surface area contributed by atoms with Crippen molar-refractivity contribution in [2.75, 3.05) is 0 Å². The van der Waals surface area contributed by atoms with Gasteiger partial charge in [-0.05, 0) is 55.5 Å². The van der Waals surface area contributed by atoms with E-state index in [1.165, 1.54) is 27.8 Å². The Bertz CT molecular complexity index is 684. The van der Waals surface area contributed by atoms with E-state index < -0.39 is 0 Å². The maximum Gasteiger partial charge on any atom is 0.119 e. The number of hydrogen-bond donors (Lipinski definition) is 0. The van der Waals surface area contributed by atoms with Gasteiger partial charge in [0, 0.05) is 0 Å². The molecule has 0 amide bonds. The normalized spacial score (nSPS) is 10.6. The van der Waals surface area contributed by atoms with Gasteiger partial charge < -0.3 is 4.74 Å². The fourth-order valence-electron chi connectivity index (χ4n) is 2.65. The first-order valence-corrected chi connectivity index (χ1v) is 8.52. The van der Waals surface area contributed by atoms with Crippen molar-refractivity contribution in [3.05, 3.63) is 101 Å². The minimum absolute atomic E-state index is 0.612. The van der Waals surface area contributed by atoms with Gasteiger partial charge in [0.05, 0.1) is 0 Å². The van der Waals surface area contributed by atoms with Crippen LogP contribution in [0.25, 0.3) is 0 Å². The molecule has 0 heterocycles. The van der Waals surface area contributed by atoms with Crippen LogP contribution >= 0.6 is 0 Å². The van der Waals surface area contributed by atoms with Gasteiger partial charge in [0.2, 0.25) is 0 Å². The third kappa shape index (κ3) is 4.73. The summed E-state index contributed by atoms with van der Waals surface area (Å²) in [5.41, 5.74) is 6.54. The second kappa shape index (κ2) is 7.83. The van der Waals surface area contributed by atoms with Gasteiger partial charge in [-0.1, -0.05) is 71.8 Å².